The molecule has 108 valence electrons. The molecule has 0 radical (unpaired) electrons. The van der Waals surface area contributed by atoms with Gasteiger partial charge in [0.05, 0.1) is 5.02 Å². The van der Waals surface area contributed by atoms with Crippen LogP contribution in [0.25, 0.3) is 0 Å². The Hall–Kier alpha value is -1.26. The van der Waals surface area contributed by atoms with Gasteiger partial charge in [0, 0.05) is 11.5 Å². The molecule has 0 bridgehead atoms. The van der Waals surface area contributed by atoms with E-state index in [-0.39, 0.29) is 27.5 Å². The highest BCUT2D eigenvalue weighted by Gasteiger charge is 2.34. The van der Waals surface area contributed by atoms with E-state index in [1.165, 1.54) is 6.92 Å². The summed E-state index contributed by atoms with van der Waals surface area (Å²) >= 11 is 12.2. The van der Waals surface area contributed by atoms with E-state index in [4.69, 9.17) is 33.0 Å². The van der Waals surface area contributed by atoms with Crippen LogP contribution in [-0.2, 0) is 11.2 Å². The molecule has 0 saturated carbocycles. The van der Waals surface area contributed by atoms with E-state index < -0.39 is 12.1 Å². The van der Waals surface area contributed by atoms with Crippen LogP contribution in [0, 0.1) is 5.92 Å². The fraction of sp³-hybridized carbons (Fsp3) is 0.429. The molecular weight excluding hydrogens is 303 g/mol. The number of carbonyl (C=O) groups is 2. The van der Waals surface area contributed by atoms with Gasteiger partial charge in [0.1, 0.15) is 10.8 Å². The maximum Gasteiger partial charge on any atom is 0.344 e. The van der Waals surface area contributed by atoms with Crippen LogP contribution in [0.1, 0.15) is 36.2 Å². The number of aliphatic carboxylic acids is 1. The van der Waals surface area contributed by atoms with Crippen LogP contribution in [0.2, 0.25) is 10.0 Å². The minimum Gasteiger partial charge on any atom is -0.479 e. The molecule has 6 heteroatoms. The standard InChI is InChI=1S/C14H14Cl2O4/c1-3-7-4-8-5-9(20-6(2)14(18)19)11(15)12(16)10(8)13(7)17/h5-7H,3-4H2,1-2H3,(H,18,19). The van der Waals surface area contributed by atoms with Crippen LogP contribution in [0.4, 0.5) is 0 Å². The van der Waals surface area contributed by atoms with Gasteiger partial charge < -0.3 is 9.84 Å². The molecule has 1 aromatic rings. The third-order valence-electron chi connectivity index (χ3n) is 3.48. The van der Waals surface area contributed by atoms with Crippen molar-refractivity contribution in [2.45, 2.75) is 32.8 Å². The summed E-state index contributed by atoms with van der Waals surface area (Å²) in [5.74, 6) is -0.993. The van der Waals surface area contributed by atoms with E-state index >= 15 is 0 Å². The summed E-state index contributed by atoms with van der Waals surface area (Å²) in [6.07, 6.45) is 0.267. The first-order valence-electron chi connectivity index (χ1n) is 6.31. The van der Waals surface area contributed by atoms with Gasteiger partial charge in [-0.05, 0) is 31.4 Å². The number of hydrogen-bond acceptors (Lipinski definition) is 3. The van der Waals surface area contributed by atoms with E-state index in [0.29, 0.717) is 12.0 Å². The van der Waals surface area contributed by atoms with E-state index in [2.05, 4.69) is 0 Å². The number of ether oxygens (including phenoxy) is 1. The minimum atomic E-state index is -1.10. The van der Waals surface area contributed by atoms with Crippen LogP contribution in [0.15, 0.2) is 6.07 Å². The number of ketones is 1. The van der Waals surface area contributed by atoms with Crippen molar-refractivity contribution in [2.75, 3.05) is 0 Å². The largest absolute Gasteiger partial charge is 0.479 e. The Balaban J connectivity index is 2.43. The molecule has 1 aliphatic rings. The van der Waals surface area contributed by atoms with Crippen molar-refractivity contribution in [3.05, 3.63) is 27.2 Å². The van der Waals surface area contributed by atoms with Crippen molar-refractivity contribution < 1.29 is 19.4 Å². The van der Waals surface area contributed by atoms with Crippen LogP contribution >= 0.6 is 23.2 Å². The molecule has 1 N–H and O–H groups in total. The van der Waals surface area contributed by atoms with Crippen molar-refractivity contribution in [1.82, 2.24) is 0 Å². The summed E-state index contributed by atoms with van der Waals surface area (Å²) in [5, 5.41) is 9.10. The second kappa shape index (κ2) is 5.62. The maximum absolute atomic E-state index is 12.2. The highest BCUT2D eigenvalue weighted by molar-refractivity contribution is 6.45. The molecular formula is C14H14Cl2O4. The Morgan fingerprint density at radius 2 is 2.15 bits per heavy atom. The van der Waals surface area contributed by atoms with Crippen LogP contribution in [-0.4, -0.2) is 23.0 Å². The second-order valence-corrected chi connectivity index (χ2v) is 5.56. The summed E-state index contributed by atoms with van der Waals surface area (Å²) < 4.78 is 5.29. The third-order valence-corrected chi connectivity index (χ3v) is 4.33. The second-order valence-electron chi connectivity index (χ2n) is 4.81. The predicted octanol–water partition coefficient (Wildman–Crippen LogP) is 3.61. The lowest BCUT2D eigenvalue weighted by molar-refractivity contribution is -0.144. The summed E-state index contributed by atoms with van der Waals surface area (Å²) in [6, 6.07) is 1.62. The van der Waals surface area contributed by atoms with Crippen molar-refractivity contribution in [3.63, 3.8) is 0 Å². The SMILES string of the molecule is CCC1Cc2cc(OC(C)C(=O)O)c(Cl)c(Cl)c2C1=O. The van der Waals surface area contributed by atoms with Gasteiger partial charge in [-0.15, -0.1) is 0 Å². The van der Waals surface area contributed by atoms with Gasteiger partial charge in [0.25, 0.3) is 0 Å². The molecule has 0 aromatic heterocycles. The topological polar surface area (TPSA) is 63.6 Å². The number of carboxylic acids is 1. The average molecular weight is 317 g/mol. The van der Waals surface area contributed by atoms with Crippen LogP contribution in [0.5, 0.6) is 5.75 Å². The minimum absolute atomic E-state index is 0.00719. The molecule has 1 aliphatic carbocycles. The molecule has 4 nitrogen and oxygen atoms in total. The van der Waals surface area contributed by atoms with Gasteiger partial charge in [-0.2, -0.15) is 0 Å². The van der Waals surface area contributed by atoms with E-state index in [1.54, 1.807) is 6.07 Å². The fourth-order valence-corrected chi connectivity index (χ4v) is 2.80. The van der Waals surface area contributed by atoms with Crippen molar-refractivity contribution in [1.29, 1.82) is 0 Å². The monoisotopic (exact) mass is 316 g/mol. The molecule has 0 saturated heterocycles. The molecule has 0 amide bonds. The lowest BCUT2D eigenvalue weighted by Crippen LogP contribution is -2.23. The first kappa shape index (κ1) is 15.1. The molecule has 2 rings (SSSR count). The smallest absolute Gasteiger partial charge is 0.344 e. The van der Waals surface area contributed by atoms with Gasteiger partial charge in [-0.3, -0.25) is 4.79 Å². The van der Waals surface area contributed by atoms with Crippen molar-refractivity contribution in [3.8, 4) is 5.75 Å². The number of fused-ring (bicyclic) bond motifs is 1. The van der Waals surface area contributed by atoms with Gasteiger partial charge in [-0.25, -0.2) is 4.79 Å². The highest BCUT2D eigenvalue weighted by atomic mass is 35.5. The molecule has 0 heterocycles. The van der Waals surface area contributed by atoms with Crippen molar-refractivity contribution in [2.24, 2.45) is 5.92 Å². The summed E-state index contributed by atoms with van der Waals surface area (Å²) in [4.78, 5) is 23.0. The zero-order chi connectivity index (χ0) is 15.0. The molecule has 0 spiro atoms. The molecule has 2 atom stereocenters. The Morgan fingerprint density at radius 3 is 2.70 bits per heavy atom. The number of rotatable bonds is 4. The zero-order valence-corrected chi connectivity index (χ0v) is 12.6. The van der Waals surface area contributed by atoms with E-state index in [9.17, 15) is 9.59 Å². The quantitative estimate of drug-likeness (QED) is 0.921. The number of halogens is 2. The van der Waals surface area contributed by atoms with Crippen LogP contribution in [0.3, 0.4) is 0 Å². The molecule has 0 aliphatic heterocycles. The molecule has 0 fully saturated rings. The lowest BCUT2D eigenvalue weighted by atomic mass is 10.0. The maximum atomic E-state index is 12.2. The van der Waals surface area contributed by atoms with Crippen LogP contribution < -0.4 is 4.74 Å². The predicted molar refractivity (Wildman–Crippen MR) is 76.0 cm³/mol. The highest BCUT2D eigenvalue weighted by Crippen LogP contribution is 2.43. The Kier molecular flexibility index (Phi) is 4.25. The van der Waals surface area contributed by atoms with Gasteiger partial charge in [0.15, 0.2) is 11.9 Å². The zero-order valence-electron chi connectivity index (χ0n) is 11.1. The van der Waals surface area contributed by atoms with E-state index in [0.717, 1.165) is 12.0 Å². The van der Waals surface area contributed by atoms with Gasteiger partial charge in [0.2, 0.25) is 0 Å². The number of Topliss-reactive ketones (excluding diaryl/α,β-unsaturated/α-hetero) is 1. The summed E-state index contributed by atoms with van der Waals surface area (Å²) in [6.45, 7) is 3.34. The number of benzene rings is 1. The Labute approximate surface area is 126 Å². The average Bonchev–Trinajstić information content (AvgIpc) is 2.71. The molecule has 2 unspecified atom stereocenters. The first-order valence-corrected chi connectivity index (χ1v) is 7.06. The van der Waals surface area contributed by atoms with Gasteiger partial charge >= 0.3 is 5.97 Å². The number of hydrogen-bond donors (Lipinski definition) is 1. The van der Waals surface area contributed by atoms with Gasteiger partial charge in [-0.1, -0.05) is 30.1 Å². The third kappa shape index (κ3) is 2.50. The molecule has 1 aromatic carbocycles. The number of carbonyl (C=O) groups excluding carboxylic acids is 1. The Morgan fingerprint density at radius 1 is 1.50 bits per heavy atom. The fourth-order valence-electron chi connectivity index (χ4n) is 2.30. The number of carboxylic acid groups (broad SMARTS) is 1. The normalized spacial score (nSPS) is 18.8. The van der Waals surface area contributed by atoms with E-state index in [1.807, 2.05) is 6.92 Å². The van der Waals surface area contributed by atoms with Crippen molar-refractivity contribution >= 4 is 35.0 Å². The first-order chi connectivity index (χ1) is 9.36. The summed E-state index contributed by atoms with van der Waals surface area (Å²) in [7, 11) is 0. The summed E-state index contributed by atoms with van der Waals surface area (Å²) in [5.41, 5.74) is 1.21. The Bertz CT molecular complexity index is 583. The molecule has 20 heavy (non-hydrogen) atoms. The lowest BCUT2D eigenvalue weighted by Gasteiger charge is -2.14.